The summed E-state index contributed by atoms with van der Waals surface area (Å²) in [5.74, 6) is 7.65. The van der Waals surface area contributed by atoms with Crippen LogP contribution in [-0.4, -0.2) is 135 Å². The zero-order valence-electron chi connectivity index (χ0n) is 44.9. The second-order valence-corrected chi connectivity index (χ2v) is 24.6. The summed E-state index contributed by atoms with van der Waals surface area (Å²) in [5.41, 5.74) is 9.34. The number of morpholine rings is 1. The van der Waals surface area contributed by atoms with Gasteiger partial charge in [-0.15, -0.1) is 11.3 Å². The van der Waals surface area contributed by atoms with E-state index >= 15 is 0 Å². The van der Waals surface area contributed by atoms with Crippen molar-refractivity contribution in [2.24, 2.45) is 33.7 Å². The maximum Gasteiger partial charge on any atom is 0.282 e. The number of aliphatic hydroxyl groups excluding tert-OH is 1. The van der Waals surface area contributed by atoms with Gasteiger partial charge in [-0.1, -0.05) is 73.3 Å². The van der Waals surface area contributed by atoms with Crippen molar-refractivity contribution in [1.82, 2.24) is 34.6 Å². The number of β-amino-alcohol motifs (C(OH)–C–C–N with tert-alkyl or cyclic N) is 1. The fourth-order valence-corrected chi connectivity index (χ4v) is 14.7. The fourth-order valence-electron chi connectivity index (χ4n) is 13.7. The number of benzene rings is 3. The minimum atomic E-state index is -0.827. The van der Waals surface area contributed by atoms with Crippen molar-refractivity contribution in [2.75, 3.05) is 59.0 Å². The summed E-state index contributed by atoms with van der Waals surface area (Å²) < 4.78 is 7.80. The Bertz CT molecular complexity index is 3060. The van der Waals surface area contributed by atoms with E-state index in [9.17, 15) is 19.5 Å². The number of hydrogen-bond acceptors (Lipinski definition) is 13. The number of likely N-dealkylation sites (tertiary alicyclic amines) is 2. The number of piperidine rings is 1. The number of nitrogens with two attached hydrogens (primary N) is 1. The normalized spacial score (nSPS) is 24.5. The number of aromatic nitrogens is 3. The molecule has 4 aliphatic heterocycles. The first-order valence-electron chi connectivity index (χ1n) is 28.3. The number of aliphatic hydroxyl groups is 1. The Morgan fingerprint density at radius 1 is 0.961 bits per heavy atom. The van der Waals surface area contributed by atoms with Crippen molar-refractivity contribution in [1.29, 1.82) is 0 Å². The second kappa shape index (κ2) is 23.2. The molecule has 2 aromatic heterocycles. The van der Waals surface area contributed by atoms with E-state index in [1.807, 2.05) is 24.6 Å². The van der Waals surface area contributed by atoms with Gasteiger partial charge in [-0.25, -0.2) is 4.98 Å². The molecule has 4 atom stereocenters. The molecule has 0 radical (unpaired) electrons. The van der Waals surface area contributed by atoms with Gasteiger partial charge in [0.1, 0.15) is 17.9 Å². The van der Waals surface area contributed by atoms with E-state index in [-0.39, 0.29) is 48.2 Å². The Morgan fingerprint density at radius 2 is 1.71 bits per heavy atom. The molecule has 2 amide bonds. The number of amides is 2. The molecule has 0 unspecified atom stereocenters. The predicted molar refractivity (Wildman–Crippen MR) is 305 cm³/mol. The van der Waals surface area contributed by atoms with Gasteiger partial charge in [0, 0.05) is 51.3 Å². The van der Waals surface area contributed by atoms with E-state index in [2.05, 4.69) is 91.1 Å². The predicted octanol–water partition coefficient (Wildman–Crippen LogP) is 8.58. The number of nitrogens with one attached hydrogen (secondary N) is 1. The zero-order valence-corrected chi connectivity index (χ0v) is 46.5. The number of nitrogens with zero attached hydrogens (tertiary/aromatic N) is 8. The van der Waals surface area contributed by atoms with E-state index < -0.39 is 23.6 Å². The van der Waals surface area contributed by atoms with Crippen LogP contribution in [0, 0.1) is 24.7 Å². The van der Waals surface area contributed by atoms with E-state index in [0.717, 1.165) is 148 Å². The van der Waals surface area contributed by atoms with Gasteiger partial charge in [-0.2, -0.15) is 10.1 Å². The maximum atomic E-state index is 14.9. The Kier molecular flexibility index (Phi) is 16.1. The lowest BCUT2D eigenvalue weighted by molar-refractivity contribution is -0.141. The molecule has 2 aliphatic carbocycles. The first-order valence-corrected chi connectivity index (χ1v) is 29.6. The van der Waals surface area contributed by atoms with Gasteiger partial charge in [0.15, 0.2) is 0 Å². The van der Waals surface area contributed by atoms with Gasteiger partial charge in [0.05, 0.1) is 74.2 Å². The first kappa shape index (κ1) is 53.6. The van der Waals surface area contributed by atoms with Gasteiger partial charge < -0.3 is 30.8 Å². The van der Waals surface area contributed by atoms with E-state index in [1.165, 1.54) is 11.1 Å². The molecule has 0 bridgehead atoms. The molecule has 11 rings (SSSR count). The van der Waals surface area contributed by atoms with Crippen molar-refractivity contribution in [2.45, 2.75) is 133 Å². The Morgan fingerprint density at radius 3 is 2.43 bits per heavy atom. The molecule has 77 heavy (non-hydrogen) atoms. The van der Waals surface area contributed by atoms with Crippen LogP contribution in [0.25, 0.3) is 27.0 Å². The third kappa shape index (κ3) is 11.2. The Hall–Kier alpha value is -5.36. The molecule has 3 saturated heterocycles. The molecule has 4 N–H and O–H groups in total. The summed E-state index contributed by atoms with van der Waals surface area (Å²) in [5, 5.41) is 19.7. The number of aliphatic imine (C=N–C) groups is 1. The van der Waals surface area contributed by atoms with Gasteiger partial charge in [0.25, 0.3) is 5.56 Å². The van der Waals surface area contributed by atoms with Gasteiger partial charge in [-0.3, -0.25) is 28.8 Å². The summed E-state index contributed by atoms with van der Waals surface area (Å²) in [6.07, 6.45) is 12.3. The number of halogens is 1. The lowest BCUT2D eigenvalue weighted by Crippen LogP contribution is -2.52. The number of carbonyl (C=O) groups is 2. The molecular formula is C60H75ClN10O5S. The van der Waals surface area contributed by atoms with Crippen molar-refractivity contribution in [3.8, 4) is 16.1 Å². The largest absolute Gasteiger partial charge is 0.391 e. The molecule has 17 heteroatoms. The number of hydrogen-bond donors (Lipinski definition) is 3. The van der Waals surface area contributed by atoms with Crippen molar-refractivity contribution in [3.63, 3.8) is 0 Å². The molecule has 6 heterocycles. The highest BCUT2D eigenvalue weighted by atomic mass is 35.5. The van der Waals surface area contributed by atoms with Crippen LogP contribution in [0.5, 0.6) is 0 Å². The van der Waals surface area contributed by atoms with Crippen LogP contribution in [-0.2, 0) is 19.7 Å². The average Bonchev–Trinajstić information content (AvgIpc) is 4.20. The lowest BCUT2D eigenvalue weighted by Gasteiger charge is -2.37. The second-order valence-electron chi connectivity index (χ2n) is 23.3. The van der Waals surface area contributed by atoms with Gasteiger partial charge in [0.2, 0.25) is 11.8 Å². The average molecular weight is 1080 g/mol. The molecular weight excluding hydrogens is 1010 g/mol. The van der Waals surface area contributed by atoms with Gasteiger partial charge in [-0.05, 0) is 143 Å². The van der Waals surface area contributed by atoms with Crippen LogP contribution >= 0.6 is 22.9 Å². The summed E-state index contributed by atoms with van der Waals surface area (Å²) >= 11 is 8.18. The smallest absolute Gasteiger partial charge is 0.282 e. The molecule has 6 aliphatic rings. The minimum Gasteiger partial charge on any atom is -0.391 e. The molecule has 5 aromatic rings. The quantitative estimate of drug-likeness (QED) is 0.0553. The molecule has 408 valence electrons. The topological polar surface area (TPSA) is 184 Å². The SMILES string of the molecule is Cc1ncsc1-c1ccc([C@H](CN2CCOCC2)NC(=O)[C@@H]2C[C@@H](O)CN2C(=O)[C@@H](N=C/C(=N\N)C2CCC(CN3CCC(c4ccc5c(c4)-n4c(nc(=O)c6c(Cl)cccc64)C5(C)C)CC3)CC2)C2CCCCC2)cc1. The lowest BCUT2D eigenvalue weighted by atomic mass is 9.79. The fraction of sp³-hybridized carbons (Fsp3) is 0.550. The van der Waals surface area contributed by atoms with Crippen LogP contribution in [0.2, 0.25) is 5.02 Å². The molecule has 3 aromatic carbocycles. The maximum absolute atomic E-state index is 14.9. The van der Waals surface area contributed by atoms with Crippen LogP contribution in [0.4, 0.5) is 0 Å². The van der Waals surface area contributed by atoms with Crippen LogP contribution in [0.3, 0.4) is 0 Å². The van der Waals surface area contributed by atoms with E-state index in [4.69, 9.17) is 27.2 Å². The third-order valence-electron chi connectivity index (χ3n) is 18.1. The van der Waals surface area contributed by atoms with Crippen LogP contribution < -0.4 is 16.7 Å². The standard InChI is InChI=1S/C60H75ClN10O5S/c1-37-55(77-36-64-37)43-18-16-41(17-19-43)49(35-69-26-28-76-29-27-69)65-56(73)52-31-45(72)34-70(52)58(75)54(42-8-5-4-6-9-42)63-32-48(67-62)40-14-12-38(13-15-40)33-68-24-22-39(23-25-68)44-20-21-46-51(30-44)71-50-11-7-10-47(61)53(50)57(74)66-59(71)60(46,2)3/h7,10-11,16-21,30,32,36,38-40,42,45,49,52,54,72H,4-6,8-9,12-15,22-29,31,33-35,62H2,1-3H3,(H,65,73)/b63-32?,67-48+/t38?,40?,45-,49+,52+,54+/m1/s1. The van der Waals surface area contributed by atoms with Crippen molar-refractivity contribution < 1.29 is 19.4 Å². The van der Waals surface area contributed by atoms with Gasteiger partial charge >= 0.3 is 0 Å². The molecule has 0 spiro atoms. The first-order chi connectivity index (χ1) is 37.3. The van der Waals surface area contributed by atoms with Crippen molar-refractivity contribution >= 4 is 57.6 Å². The number of carbonyl (C=O) groups excluding carboxylic acids is 2. The Labute approximate surface area is 461 Å². The number of hydrazone groups is 1. The number of rotatable bonds is 14. The summed E-state index contributed by atoms with van der Waals surface area (Å²) in [6.45, 7) is 12.9. The number of aryl methyl sites for hydroxylation is 1. The summed E-state index contributed by atoms with van der Waals surface area (Å²) in [7, 11) is 0. The highest BCUT2D eigenvalue weighted by Crippen LogP contribution is 2.45. The minimum absolute atomic E-state index is 0.0264. The van der Waals surface area contributed by atoms with E-state index in [1.54, 1.807) is 28.5 Å². The zero-order chi connectivity index (χ0) is 53.4. The molecule has 5 fully saturated rings. The summed E-state index contributed by atoms with van der Waals surface area (Å²) in [6, 6.07) is 19.0. The Balaban J connectivity index is 0.716. The molecule has 15 nitrogen and oxygen atoms in total. The van der Waals surface area contributed by atoms with Crippen molar-refractivity contribution in [3.05, 3.63) is 110 Å². The number of fused-ring (bicyclic) bond motifs is 5. The number of thiazole rings is 1. The van der Waals surface area contributed by atoms with Crippen LogP contribution in [0.1, 0.15) is 131 Å². The monoisotopic (exact) mass is 1080 g/mol. The van der Waals surface area contributed by atoms with E-state index in [0.29, 0.717) is 42.0 Å². The highest BCUT2D eigenvalue weighted by molar-refractivity contribution is 7.13. The summed E-state index contributed by atoms with van der Waals surface area (Å²) in [4.78, 5) is 64.5. The van der Waals surface area contributed by atoms with Crippen LogP contribution in [0.15, 0.2) is 81.1 Å². The molecule has 2 saturated carbocycles. The highest BCUT2D eigenvalue weighted by Gasteiger charge is 2.44. The number of ether oxygens (including phenoxy) is 1. The third-order valence-corrected chi connectivity index (χ3v) is 19.4.